The smallest absolute Gasteiger partial charge is 0.300 e. The van der Waals surface area contributed by atoms with Crippen molar-refractivity contribution in [3.05, 3.63) is 98.2 Å². The van der Waals surface area contributed by atoms with Crippen LogP contribution in [0.2, 0.25) is 15.1 Å². The molecule has 1 atom stereocenters. The Morgan fingerprint density at radius 3 is 2.24 bits per heavy atom. The number of methoxy groups -OCH3 is 1. The number of Topliss-reactive ketones (excluding diaryl/α,β-unsaturated/α-hetero) is 1. The van der Waals surface area contributed by atoms with Gasteiger partial charge in [0.25, 0.3) is 11.7 Å². The van der Waals surface area contributed by atoms with Crippen molar-refractivity contribution in [2.24, 2.45) is 0 Å². The summed E-state index contributed by atoms with van der Waals surface area (Å²) >= 11 is 18.4. The third kappa shape index (κ3) is 4.17. The second-order valence-corrected chi connectivity index (χ2v) is 8.39. The lowest BCUT2D eigenvalue weighted by Crippen LogP contribution is -2.29. The molecule has 1 amide bonds. The highest BCUT2D eigenvalue weighted by Gasteiger charge is 2.47. The molecular formula is C24H15Cl3FNO4. The predicted octanol–water partition coefficient (Wildman–Crippen LogP) is 6.42. The zero-order valence-electron chi connectivity index (χ0n) is 17.0. The van der Waals surface area contributed by atoms with E-state index < -0.39 is 29.3 Å². The molecule has 0 spiro atoms. The number of carbonyl (C=O) groups excluding carboxylic acids is 2. The monoisotopic (exact) mass is 505 g/mol. The summed E-state index contributed by atoms with van der Waals surface area (Å²) in [5.74, 6) is -2.37. The fourth-order valence-corrected chi connectivity index (χ4v) is 4.23. The highest BCUT2D eigenvalue weighted by Crippen LogP contribution is 2.43. The van der Waals surface area contributed by atoms with Gasteiger partial charge in [0.2, 0.25) is 0 Å². The van der Waals surface area contributed by atoms with Crippen LogP contribution in [0.1, 0.15) is 17.2 Å². The summed E-state index contributed by atoms with van der Waals surface area (Å²) in [7, 11) is 1.44. The Kier molecular flexibility index (Phi) is 6.34. The van der Waals surface area contributed by atoms with E-state index in [4.69, 9.17) is 39.5 Å². The van der Waals surface area contributed by atoms with Gasteiger partial charge >= 0.3 is 0 Å². The minimum atomic E-state index is -1.05. The fourth-order valence-electron chi connectivity index (χ4n) is 3.67. The van der Waals surface area contributed by atoms with Gasteiger partial charge in [-0.1, -0.05) is 40.9 Å². The lowest BCUT2D eigenvalue weighted by molar-refractivity contribution is -0.132. The van der Waals surface area contributed by atoms with Crippen LogP contribution in [0.15, 0.2) is 66.2 Å². The Bertz CT molecular complexity index is 1310. The molecule has 1 aliphatic heterocycles. The van der Waals surface area contributed by atoms with Crippen LogP contribution < -0.4 is 9.64 Å². The molecular weight excluding hydrogens is 492 g/mol. The SMILES string of the molecule is COc1ccc(/C(O)=C2/C(=O)C(=O)N(c3ccc(F)cc3)C2c2ccc(Cl)c(Cl)c2)cc1Cl. The van der Waals surface area contributed by atoms with E-state index >= 15 is 0 Å². The van der Waals surface area contributed by atoms with Crippen molar-refractivity contribution >= 4 is 57.9 Å². The van der Waals surface area contributed by atoms with Gasteiger partial charge in [-0.3, -0.25) is 14.5 Å². The second-order valence-electron chi connectivity index (χ2n) is 7.17. The molecule has 33 heavy (non-hydrogen) atoms. The molecule has 3 aromatic carbocycles. The number of halogens is 4. The molecule has 0 aliphatic carbocycles. The standard InChI is InChI=1S/C24H15Cl3FNO4/c1-33-19-9-3-13(11-18(19)27)22(30)20-21(12-2-8-16(25)17(26)10-12)29(24(32)23(20)31)15-6-4-14(28)5-7-15/h2-11,21,30H,1H3/b22-20-. The average molecular weight is 507 g/mol. The topological polar surface area (TPSA) is 66.8 Å². The normalized spacial score (nSPS) is 17.5. The fraction of sp³-hybridized carbons (Fsp3) is 0.0833. The number of amides is 1. The number of nitrogens with zero attached hydrogens (tertiary/aromatic N) is 1. The quantitative estimate of drug-likeness (QED) is 0.252. The first kappa shape index (κ1) is 23.1. The number of ketones is 1. The summed E-state index contributed by atoms with van der Waals surface area (Å²) in [6, 6.07) is 13.1. The number of hydrogen-bond acceptors (Lipinski definition) is 4. The van der Waals surface area contributed by atoms with Crippen molar-refractivity contribution in [2.75, 3.05) is 12.0 Å². The first-order chi connectivity index (χ1) is 15.7. The molecule has 1 saturated heterocycles. The number of rotatable bonds is 4. The number of ether oxygens (including phenoxy) is 1. The molecule has 0 bridgehead atoms. The molecule has 1 fully saturated rings. The highest BCUT2D eigenvalue weighted by atomic mass is 35.5. The molecule has 4 rings (SSSR count). The van der Waals surface area contributed by atoms with E-state index in [2.05, 4.69) is 0 Å². The maximum atomic E-state index is 13.5. The molecule has 9 heteroatoms. The summed E-state index contributed by atoms with van der Waals surface area (Å²) in [6.07, 6.45) is 0. The van der Waals surface area contributed by atoms with Gasteiger partial charge in [0.1, 0.15) is 17.3 Å². The summed E-state index contributed by atoms with van der Waals surface area (Å²) in [6.45, 7) is 0. The van der Waals surface area contributed by atoms with Crippen LogP contribution >= 0.6 is 34.8 Å². The summed E-state index contributed by atoms with van der Waals surface area (Å²) in [5.41, 5.74) is 0.724. The first-order valence-electron chi connectivity index (χ1n) is 9.58. The maximum absolute atomic E-state index is 13.5. The number of aliphatic hydroxyl groups is 1. The van der Waals surface area contributed by atoms with Gasteiger partial charge in [0.05, 0.1) is 33.8 Å². The van der Waals surface area contributed by atoms with E-state index in [0.29, 0.717) is 11.3 Å². The third-order valence-electron chi connectivity index (χ3n) is 5.23. The molecule has 0 saturated carbocycles. The molecule has 1 aliphatic rings. The summed E-state index contributed by atoms with van der Waals surface area (Å²) in [5, 5.41) is 11.8. The molecule has 0 aromatic heterocycles. The Morgan fingerprint density at radius 2 is 1.64 bits per heavy atom. The second kappa shape index (κ2) is 9.06. The number of carbonyl (C=O) groups is 2. The lowest BCUT2D eigenvalue weighted by atomic mass is 9.95. The average Bonchev–Trinajstić information content (AvgIpc) is 3.06. The van der Waals surface area contributed by atoms with Crippen LogP contribution in [0.5, 0.6) is 5.75 Å². The predicted molar refractivity (Wildman–Crippen MR) is 126 cm³/mol. The first-order valence-corrected chi connectivity index (χ1v) is 10.7. The van der Waals surface area contributed by atoms with Crippen LogP contribution in [0.25, 0.3) is 5.76 Å². The molecule has 1 N–H and O–H groups in total. The number of hydrogen-bond donors (Lipinski definition) is 1. The Hall–Kier alpha value is -3.06. The summed E-state index contributed by atoms with van der Waals surface area (Å²) < 4.78 is 18.6. The van der Waals surface area contributed by atoms with E-state index in [0.717, 1.165) is 0 Å². The lowest BCUT2D eigenvalue weighted by Gasteiger charge is -2.25. The van der Waals surface area contributed by atoms with Crippen LogP contribution in [-0.4, -0.2) is 23.9 Å². The zero-order chi connectivity index (χ0) is 23.9. The van der Waals surface area contributed by atoms with E-state index in [1.165, 1.54) is 66.6 Å². The van der Waals surface area contributed by atoms with Gasteiger partial charge < -0.3 is 9.84 Å². The van der Waals surface area contributed by atoms with Gasteiger partial charge in [0, 0.05) is 11.3 Å². The van der Waals surface area contributed by atoms with Crippen LogP contribution in [0, 0.1) is 5.82 Å². The molecule has 0 radical (unpaired) electrons. The number of anilines is 1. The largest absolute Gasteiger partial charge is 0.507 e. The van der Waals surface area contributed by atoms with E-state index in [1.54, 1.807) is 6.07 Å². The van der Waals surface area contributed by atoms with E-state index in [9.17, 15) is 19.1 Å². The Balaban J connectivity index is 1.95. The van der Waals surface area contributed by atoms with Crippen LogP contribution in [-0.2, 0) is 9.59 Å². The maximum Gasteiger partial charge on any atom is 0.300 e. The summed E-state index contributed by atoms with van der Waals surface area (Å²) in [4.78, 5) is 27.4. The molecule has 5 nitrogen and oxygen atoms in total. The molecule has 168 valence electrons. The minimum Gasteiger partial charge on any atom is -0.507 e. The minimum absolute atomic E-state index is 0.177. The Labute approximate surface area is 203 Å². The van der Waals surface area contributed by atoms with Gasteiger partial charge in [-0.05, 0) is 60.2 Å². The van der Waals surface area contributed by atoms with Crippen molar-refractivity contribution in [1.29, 1.82) is 0 Å². The van der Waals surface area contributed by atoms with Gasteiger partial charge in [0.15, 0.2) is 0 Å². The van der Waals surface area contributed by atoms with Crippen molar-refractivity contribution in [3.63, 3.8) is 0 Å². The third-order valence-corrected chi connectivity index (χ3v) is 6.27. The Morgan fingerprint density at radius 1 is 0.939 bits per heavy atom. The van der Waals surface area contributed by atoms with Gasteiger partial charge in [-0.15, -0.1) is 0 Å². The van der Waals surface area contributed by atoms with E-state index in [1.807, 2.05) is 0 Å². The van der Waals surface area contributed by atoms with Crippen molar-refractivity contribution in [1.82, 2.24) is 0 Å². The van der Waals surface area contributed by atoms with E-state index in [-0.39, 0.29) is 31.9 Å². The molecule has 3 aromatic rings. The molecule has 1 unspecified atom stereocenters. The highest BCUT2D eigenvalue weighted by molar-refractivity contribution is 6.52. The van der Waals surface area contributed by atoms with Crippen LogP contribution in [0.3, 0.4) is 0 Å². The van der Waals surface area contributed by atoms with Crippen molar-refractivity contribution in [2.45, 2.75) is 6.04 Å². The number of aliphatic hydroxyl groups excluding tert-OH is 1. The molecule has 1 heterocycles. The van der Waals surface area contributed by atoms with Crippen molar-refractivity contribution in [3.8, 4) is 5.75 Å². The van der Waals surface area contributed by atoms with Crippen molar-refractivity contribution < 1.29 is 23.8 Å². The van der Waals surface area contributed by atoms with Gasteiger partial charge in [-0.2, -0.15) is 0 Å². The van der Waals surface area contributed by atoms with Crippen LogP contribution in [0.4, 0.5) is 10.1 Å². The zero-order valence-corrected chi connectivity index (χ0v) is 19.2. The number of benzene rings is 3. The van der Waals surface area contributed by atoms with Gasteiger partial charge in [-0.25, -0.2) is 4.39 Å².